The van der Waals surface area contributed by atoms with Crippen LogP contribution in [0.5, 0.6) is 0 Å². The molecule has 0 saturated carbocycles. The number of esters is 1. The first-order valence-corrected chi connectivity index (χ1v) is 9.10. The van der Waals surface area contributed by atoms with Crippen LogP contribution in [0.2, 0.25) is 0 Å². The molecule has 8 heteroatoms. The number of hydrogen-bond donors (Lipinski definition) is 3. The van der Waals surface area contributed by atoms with Crippen LogP contribution in [-0.4, -0.2) is 42.9 Å². The first-order valence-electron chi connectivity index (χ1n) is 9.10. The zero-order valence-corrected chi connectivity index (χ0v) is 15.8. The largest absolute Gasteiger partial charge is 0.467 e. The zero-order valence-electron chi connectivity index (χ0n) is 15.8. The number of methoxy groups -OCH3 is 1. The summed E-state index contributed by atoms with van der Waals surface area (Å²) in [6.07, 6.45) is -0.0677. The fourth-order valence-electron chi connectivity index (χ4n) is 3.08. The lowest BCUT2D eigenvalue weighted by molar-refractivity contribution is -0.145. The summed E-state index contributed by atoms with van der Waals surface area (Å²) in [4.78, 5) is 49.4. The number of hydrogen-bond acceptors (Lipinski definition) is 5. The van der Waals surface area contributed by atoms with Crippen LogP contribution in [-0.2, 0) is 25.5 Å². The van der Waals surface area contributed by atoms with Crippen LogP contribution >= 0.6 is 0 Å². The van der Waals surface area contributed by atoms with Gasteiger partial charge in [-0.2, -0.15) is 0 Å². The summed E-state index contributed by atoms with van der Waals surface area (Å²) in [6.45, 7) is 0. The van der Waals surface area contributed by atoms with Crippen LogP contribution in [0, 0.1) is 0 Å². The minimum absolute atomic E-state index is 0.244. The quantitative estimate of drug-likeness (QED) is 0.632. The summed E-state index contributed by atoms with van der Waals surface area (Å²) in [5, 5.41) is 7.79. The Labute approximate surface area is 167 Å². The molecule has 0 radical (unpaired) electrons. The molecule has 0 aromatic heterocycles. The molecule has 2 aromatic carbocycles. The van der Waals surface area contributed by atoms with Crippen molar-refractivity contribution in [1.82, 2.24) is 10.6 Å². The van der Waals surface area contributed by atoms with Gasteiger partial charge in [-0.15, -0.1) is 0 Å². The fraction of sp³-hybridized carbons (Fsp3) is 0.238. The van der Waals surface area contributed by atoms with Gasteiger partial charge in [0.05, 0.1) is 24.8 Å². The number of carbonyl (C=O) groups is 4. The number of fused-ring (bicyclic) bond motifs is 1. The van der Waals surface area contributed by atoms with E-state index in [1.165, 1.54) is 7.11 Å². The van der Waals surface area contributed by atoms with Crippen molar-refractivity contribution in [2.45, 2.75) is 24.9 Å². The van der Waals surface area contributed by atoms with Crippen LogP contribution in [0.4, 0.5) is 5.69 Å². The minimum Gasteiger partial charge on any atom is -0.467 e. The van der Waals surface area contributed by atoms with Crippen molar-refractivity contribution < 1.29 is 23.9 Å². The van der Waals surface area contributed by atoms with E-state index in [4.69, 9.17) is 4.74 Å². The third-order valence-electron chi connectivity index (χ3n) is 4.54. The van der Waals surface area contributed by atoms with E-state index in [1.807, 2.05) is 30.3 Å². The standard InChI is InChI=1S/C21H21N3O5/c1-29-21(28)17(11-13-7-3-2-4-8-13)22-18(25)12-16-20(27)23-15-10-6-5-9-14(15)19(26)24-16/h2-10,16-17H,11-12H2,1H3,(H,22,25)(H,23,27)(H,24,26)/t16?,17-/m0/s1. The highest BCUT2D eigenvalue weighted by Crippen LogP contribution is 2.18. The number of rotatable bonds is 6. The molecule has 0 aliphatic carbocycles. The second-order valence-corrected chi connectivity index (χ2v) is 6.60. The smallest absolute Gasteiger partial charge is 0.328 e. The van der Waals surface area contributed by atoms with E-state index in [1.54, 1.807) is 24.3 Å². The molecule has 3 N–H and O–H groups in total. The predicted octanol–water partition coefficient (Wildman–Crippen LogP) is 1.03. The highest BCUT2D eigenvalue weighted by molar-refractivity contribution is 6.10. The van der Waals surface area contributed by atoms with Crippen molar-refractivity contribution in [1.29, 1.82) is 0 Å². The van der Waals surface area contributed by atoms with Gasteiger partial charge >= 0.3 is 5.97 Å². The van der Waals surface area contributed by atoms with Crippen molar-refractivity contribution in [2.24, 2.45) is 0 Å². The third kappa shape index (κ3) is 4.98. The van der Waals surface area contributed by atoms with Gasteiger partial charge in [0.1, 0.15) is 12.1 Å². The first-order chi connectivity index (χ1) is 14.0. The molecule has 2 atom stereocenters. The van der Waals surface area contributed by atoms with E-state index in [0.29, 0.717) is 11.3 Å². The average molecular weight is 395 g/mol. The van der Waals surface area contributed by atoms with Gasteiger partial charge in [0.2, 0.25) is 11.8 Å². The lowest BCUT2D eigenvalue weighted by Crippen LogP contribution is -2.48. The van der Waals surface area contributed by atoms with Crippen molar-refractivity contribution in [3.8, 4) is 0 Å². The van der Waals surface area contributed by atoms with E-state index >= 15 is 0 Å². The molecular formula is C21H21N3O5. The molecule has 0 saturated heterocycles. The third-order valence-corrected chi connectivity index (χ3v) is 4.54. The second kappa shape index (κ2) is 9.01. The molecule has 29 heavy (non-hydrogen) atoms. The number of ether oxygens (including phenoxy) is 1. The molecule has 1 aliphatic heterocycles. The van der Waals surface area contributed by atoms with Gasteiger partial charge in [-0.05, 0) is 17.7 Å². The molecule has 150 valence electrons. The Bertz CT molecular complexity index is 929. The number of para-hydroxylation sites is 1. The molecule has 0 spiro atoms. The van der Waals surface area contributed by atoms with Crippen molar-refractivity contribution in [2.75, 3.05) is 12.4 Å². The predicted molar refractivity (Wildman–Crippen MR) is 105 cm³/mol. The Morgan fingerprint density at radius 2 is 1.76 bits per heavy atom. The van der Waals surface area contributed by atoms with Gasteiger partial charge in [0, 0.05) is 6.42 Å². The van der Waals surface area contributed by atoms with Gasteiger partial charge in [-0.3, -0.25) is 14.4 Å². The van der Waals surface area contributed by atoms with Gasteiger partial charge in [-0.25, -0.2) is 4.79 Å². The Balaban J connectivity index is 1.67. The van der Waals surface area contributed by atoms with Gasteiger partial charge < -0.3 is 20.7 Å². The van der Waals surface area contributed by atoms with Crippen molar-refractivity contribution in [3.63, 3.8) is 0 Å². The van der Waals surface area contributed by atoms with E-state index in [2.05, 4.69) is 16.0 Å². The van der Waals surface area contributed by atoms with Gasteiger partial charge in [0.15, 0.2) is 0 Å². The number of carbonyl (C=O) groups excluding carboxylic acids is 4. The monoisotopic (exact) mass is 395 g/mol. The summed E-state index contributed by atoms with van der Waals surface area (Å²) >= 11 is 0. The van der Waals surface area contributed by atoms with E-state index in [-0.39, 0.29) is 12.8 Å². The summed E-state index contributed by atoms with van der Waals surface area (Å²) in [7, 11) is 1.24. The van der Waals surface area contributed by atoms with E-state index in [0.717, 1.165) is 5.56 Å². The van der Waals surface area contributed by atoms with Gasteiger partial charge in [0.25, 0.3) is 5.91 Å². The molecule has 2 aromatic rings. The van der Waals surface area contributed by atoms with E-state index < -0.39 is 35.8 Å². The maximum atomic E-state index is 12.5. The number of benzene rings is 2. The lowest BCUT2D eigenvalue weighted by atomic mass is 10.1. The van der Waals surface area contributed by atoms with Gasteiger partial charge in [-0.1, -0.05) is 42.5 Å². The molecule has 3 amide bonds. The fourth-order valence-corrected chi connectivity index (χ4v) is 3.08. The van der Waals surface area contributed by atoms with Crippen molar-refractivity contribution in [3.05, 3.63) is 65.7 Å². The van der Waals surface area contributed by atoms with Crippen LogP contribution in [0.25, 0.3) is 0 Å². The number of amides is 3. The Morgan fingerprint density at radius 1 is 1.07 bits per heavy atom. The SMILES string of the molecule is COC(=O)[C@H](Cc1ccccc1)NC(=O)CC1NC(=O)c2ccccc2NC1=O. The number of nitrogens with one attached hydrogen (secondary N) is 3. The Morgan fingerprint density at radius 3 is 2.48 bits per heavy atom. The summed E-state index contributed by atoms with van der Waals surface area (Å²) < 4.78 is 4.77. The highest BCUT2D eigenvalue weighted by atomic mass is 16.5. The summed E-state index contributed by atoms with van der Waals surface area (Å²) in [5.41, 5.74) is 1.55. The Kier molecular flexibility index (Phi) is 6.23. The van der Waals surface area contributed by atoms with Crippen LogP contribution in [0.15, 0.2) is 54.6 Å². The average Bonchev–Trinajstić information content (AvgIpc) is 2.84. The van der Waals surface area contributed by atoms with E-state index in [9.17, 15) is 19.2 Å². The molecule has 0 bridgehead atoms. The van der Waals surface area contributed by atoms with Crippen LogP contribution < -0.4 is 16.0 Å². The summed E-state index contributed by atoms with van der Waals surface area (Å²) in [6, 6.07) is 13.8. The molecule has 8 nitrogen and oxygen atoms in total. The molecule has 1 unspecified atom stereocenters. The normalized spacial score (nSPS) is 16.5. The zero-order chi connectivity index (χ0) is 20.8. The van der Waals surface area contributed by atoms with Crippen molar-refractivity contribution >= 4 is 29.4 Å². The molecule has 0 fully saturated rings. The molecular weight excluding hydrogens is 374 g/mol. The van der Waals surface area contributed by atoms with Crippen LogP contribution in [0.1, 0.15) is 22.3 Å². The number of anilines is 1. The van der Waals surface area contributed by atoms with Crippen LogP contribution in [0.3, 0.4) is 0 Å². The molecule has 3 rings (SSSR count). The maximum absolute atomic E-state index is 12.5. The maximum Gasteiger partial charge on any atom is 0.328 e. The molecule has 1 heterocycles. The second-order valence-electron chi connectivity index (χ2n) is 6.60. The highest BCUT2D eigenvalue weighted by Gasteiger charge is 2.31. The molecule has 1 aliphatic rings. The minimum atomic E-state index is -1.06. The lowest BCUT2D eigenvalue weighted by Gasteiger charge is -2.19. The first kappa shape index (κ1) is 20.1. The Hall–Kier alpha value is -3.68. The topological polar surface area (TPSA) is 114 Å². The summed E-state index contributed by atoms with van der Waals surface area (Å²) in [5.74, 6) is -2.10.